The first-order chi connectivity index (χ1) is 11.4. The number of thioether (sulfide) groups is 1. The molecule has 0 amide bonds. The van der Waals surface area contributed by atoms with Gasteiger partial charge in [-0.25, -0.2) is 9.98 Å². The molecule has 1 rings (SSSR count). The largest absolute Gasteiger partial charge is 0.255 e. The molecule has 0 aliphatic carbocycles. The van der Waals surface area contributed by atoms with Crippen LogP contribution in [0.3, 0.4) is 0 Å². The zero-order chi connectivity index (χ0) is 18.1. The van der Waals surface area contributed by atoms with E-state index in [4.69, 9.17) is 0 Å². The predicted molar refractivity (Wildman–Crippen MR) is 110 cm³/mol. The number of benzene rings is 1. The van der Waals surface area contributed by atoms with Gasteiger partial charge in [-0.2, -0.15) is 0 Å². The van der Waals surface area contributed by atoms with Crippen LogP contribution in [0.25, 0.3) is 0 Å². The summed E-state index contributed by atoms with van der Waals surface area (Å²) in [6.07, 6.45) is 5.12. The van der Waals surface area contributed by atoms with Crippen LogP contribution in [0.15, 0.2) is 74.8 Å². The average molecular weight is 340 g/mol. The Labute approximate surface area is 149 Å². The van der Waals surface area contributed by atoms with Gasteiger partial charge in [0.2, 0.25) is 0 Å². The molecular weight excluding hydrogens is 314 g/mol. The maximum absolute atomic E-state index is 4.66. The van der Waals surface area contributed by atoms with E-state index in [0.717, 1.165) is 38.3 Å². The summed E-state index contributed by atoms with van der Waals surface area (Å²) in [6, 6.07) is 6.08. The molecule has 126 valence electrons. The van der Waals surface area contributed by atoms with Crippen molar-refractivity contribution in [2.45, 2.75) is 39.5 Å². The second kappa shape index (κ2) is 9.83. The summed E-state index contributed by atoms with van der Waals surface area (Å²) in [7, 11) is 0. The molecule has 0 atom stereocenters. The minimum Gasteiger partial charge on any atom is -0.255 e. The Morgan fingerprint density at radius 3 is 2.33 bits per heavy atom. The van der Waals surface area contributed by atoms with E-state index in [-0.39, 0.29) is 0 Å². The molecule has 0 spiro atoms. The second-order valence-electron chi connectivity index (χ2n) is 5.57. The van der Waals surface area contributed by atoms with Crippen molar-refractivity contribution in [1.82, 2.24) is 0 Å². The van der Waals surface area contributed by atoms with Gasteiger partial charge in [-0.05, 0) is 57.9 Å². The predicted octanol–water partition coefficient (Wildman–Crippen LogP) is 6.29. The fraction of sp³-hybridized carbons (Fsp3) is 0.250. The van der Waals surface area contributed by atoms with Crippen molar-refractivity contribution in [3.05, 3.63) is 60.5 Å². The third kappa shape index (κ3) is 6.13. The molecule has 3 nitrogen and oxygen atoms in total. The quantitative estimate of drug-likeness (QED) is 0.341. The molecule has 0 saturated carbocycles. The van der Waals surface area contributed by atoms with Crippen LogP contribution in [-0.2, 0) is 0 Å². The fourth-order valence-electron chi connectivity index (χ4n) is 1.79. The van der Waals surface area contributed by atoms with Gasteiger partial charge in [0.05, 0.1) is 5.69 Å². The van der Waals surface area contributed by atoms with Gasteiger partial charge in [-0.15, -0.1) is 0 Å². The monoisotopic (exact) mass is 339 g/mol. The zero-order valence-electron chi connectivity index (χ0n) is 15.1. The molecule has 0 aliphatic rings. The molecular formula is C20H25N3S. The number of hydrogen-bond donors (Lipinski definition) is 0. The molecule has 0 N–H and O–H groups in total. The first-order valence-electron chi connectivity index (χ1n) is 7.72. The standard InChI is InChI=1S/C20H25N3S/c1-8-13-21-19-16(7)11-10-12-17(19)24-18(9-2)23-20(14(3)4)22-15(5)6/h8-13H,1-2H2,3-7H3. The lowest BCUT2D eigenvalue weighted by molar-refractivity contribution is 1.14. The molecule has 0 heterocycles. The van der Waals surface area contributed by atoms with E-state index < -0.39 is 0 Å². The van der Waals surface area contributed by atoms with E-state index in [9.17, 15) is 0 Å². The molecule has 0 fully saturated rings. The van der Waals surface area contributed by atoms with Gasteiger partial charge in [0, 0.05) is 16.8 Å². The third-order valence-corrected chi connectivity index (χ3v) is 3.91. The third-order valence-electron chi connectivity index (χ3n) is 2.89. The average Bonchev–Trinajstić information content (AvgIpc) is 2.52. The molecule has 1 aromatic rings. The molecule has 24 heavy (non-hydrogen) atoms. The van der Waals surface area contributed by atoms with Crippen LogP contribution in [0, 0.1) is 6.92 Å². The van der Waals surface area contributed by atoms with Crippen molar-refractivity contribution < 1.29 is 0 Å². The number of aryl methyl sites for hydroxylation is 1. The smallest absolute Gasteiger partial charge is 0.151 e. The summed E-state index contributed by atoms with van der Waals surface area (Å²) < 4.78 is 0. The summed E-state index contributed by atoms with van der Waals surface area (Å²) in [5.74, 6) is 0.723. The Morgan fingerprint density at radius 2 is 1.79 bits per heavy atom. The van der Waals surface area contributed by atoms with Gasteiger partial charge in [0.15, 0.2) is 5.82 Å². The topological polar surface area (TPSA) is 37.1 Å². The number of nitrogens with zero attached hydrogens (tertiary/aromatic N) is 3. The Morgan fingerprint density at radius 1 is 1.08 bits per heavy atom. The van der Waals surface area contributed by atoms with Crippen molar-refractivity contribution >= 4 is 34.4 Å². The van der Waals surface area contributed by atoms with Gasteiger partial charge in [0.25, 0.3) is 0 Å². The lowest BCUT2D eigenvalue weighted by Gasteiger charge is -2.09. The van der Waals surface area contributed by atoms with Crippen LogP contribution in [0.4, 0.5) is 5.69 Å². The highest BCUT2D eigenvalue weighted by atomic mass is 32.2. The summed E-state index contributed by atoms with van der Waals surface area (Å²) in [4.78, 5) is 14.7. The first-order valence-corrected chi connectivity index (χ1v) is 8.53. The fourth-order valence-corrected chi connectivity index (χ4v) is 2.69. The Bertz CT molecular complexity index is 729. The molecule has 0 radical (unpaired) electrons. The summed E-state index contributed by atoms with van der Waals surface area (Å²) in [5.41, 5.74) is 4.05. The number of hydrogen-bond acceptors (Lipinski definition) is 4. The number of allylic oxidation sites excluding steroid dienone is 2. The lowest BCUT2D eigenvalue weighted by Crippen LogP contribution is -1.92. The van der Waals surface area contributed by atoms with Crippen LogP contribution in [0.2, 0.25) is 0 Å². The van der Waals surface area contributed by atoms with Gasteiger partial charge in [-0.3, -0.25) is 4.99 Å². The number of aliphatic imine (C=N–C) groups is 3. The highest BCUT2D eigenvalue weighted by Crippen LogP contribution is 2.34. The maximum Gasteiger partial charge on any atom is 0.151 e. The number of rotatable bonds is 6. The van der Waals surface area contributed by atoms with Crippen molar-refractivity contribution in [3.63, 3.8) is 0 Å². The summed E-state index contributed by atoms with van der Waals surface area (Å²) in [6.45, 7) is 17.5. The Balaban J connectivity index is 3.29. The molecule has 1 aromatic carbocycles. The zero-order valence-corrected chi connectivity index (χ0v) is 15.9. The van der Waals surface area contributed by atoms with E-state index in [1.165, 1.54) is 11.8 Å². The summed E-state index contributed by atoms with van der Waals surface area (Å²) >= 11 is 1.53. The van der Waals surface area contributed by atoms with E-state index in [1.807, 2.05) is 52.8 Å². The number of para-hydroxylation sites is 1. The van der Waals surface area contributed by atoms with Crippen molar-refractivity contribution in [2.75, 3.05) is 0 Å². The van der Waals surface area contributed by atoms with Crippen molar-refractivity contribution in [1.29, 1.82) is 0 Å². The van der Waals surface area contributed by atoms with Gasteiger partial charge in [-0.1, -0.05) is 43.1 Å². The van der Waals surface area contributed by atoms with E-state index in [2.05, 4.69) is 28.1 Å². The minimum atomic E-state index is 0.723. The Hall–Kier alpha value is -2.20. The van der Waals surface area contributed by atoms with E-state index in [1.54, 1.807) is 18.4 Å². The summed E-state index contributed by atoms with van der Waals surface area (Å²) in [5, 5.41) is 0.789. The van der Waals surface area contributed by atoms with Gasteiger partial charge in [0.1, 0.15) is 5.04 Å². The van der Waals surface area contributed by atoms with Crippen LogP contribution in [0.1, 0.15) is 33.3 Å². The Kier molecular flexibility index (Phi) is 8.13. The second-order valence-corrected chi connectivity index (χ2v) is 6.64. The van der Waals surface area contributed by atoms with Gasteiger partial charge < -0.3 is 0 Å². The molecule has 0 aliphatic heterocycles. The molecule has 4 heteroatoms. The normalized spacial score (nSPS) is 11.3. The maximum atomic E-state index is 4.66. The molecule has 0 saturated heterocycles. The van der Waals surface area contributed by atoms with Gasteiger partial charge >= 0.3 is 0 Å². The molecule has 0 unspecified atom stereocenters. The first kappa shape index (κ1) is 19.8. The molecule has 0 bridgehead atoms. The van der Waals surface area contributed by atoms with Crippen molar-refractivity contribution in [2.24, 2.45) is 15.0 Å². The van der Waals surface area contributed by atoms with E-state index >= 15 is 0 Å². The van der Waals surface area contributed by atoms with Crippen LogP contribution in [-0.4, -0.2) is 17.0 Å². The van der Waals surface area contributed by atoms with Crippen LogP contribution < -0.4 is 0 Å². The van der Waals surface area contributed by atoms with Crippen LogP contribution in [0.5, 0.6) is 0 Å². The minimum absolute atomic E-state index is 0.723. The van der Waals surface area contributed by atoms with Crippen molar-refractivity contribution in [3.8, 4) is 0 Å². The molecule has 0 aromatic heterocycles. The van der Waals surface area contributed by atoms with Crippen LogP contribution >= 0.6 is 11.8 Å². The highest BCUT2D eigenvalue weighted by Gasteiger charge is 2.08. The lowest BCUT2D eigenvalue weighted by atomic mass is 10.2. The SMILES string of the molecule is C=CC=Nc1c(C)cccc1SC(C=C)=NC(N=C(C)C)=C(C)C. The highest BCUT2D eigenvalue weighted by molar-refractivity contribution is 8.14. The van der Waals surface area contributed by atoms with E-state index in [0.29, 0.717) is 0 Å².